The average Bonchev–Trinajstić information content (AvgIpc) is 2.53. The summed E-state index contributed by atoms with van der Waals surface area (Å²) in [4.78, 5) is 0.228. The molecule has 0 fully saturated rings. The van der Waals surface area contributed by atoms with Gasteiger partial charge in [0, 0.05) is 10.8 Å². The molecule has 3 aromatic carbocycles. The van der Waals surface area contributed by atoms with Gasteiger partial charge in [0.15, 0.2) is 0 Å². The Hall–Kier alpha value is -2.57. The molecule has 0 bridgehead atoms. The first-order valence-electron chi connectivity index (χ1n) is 6.88. The van der Waals surface area contributed by atoms with Crippen LogP contribution >= 0.6 is 0 Å². The molecule has 2 nitrogen and oxygen atoms in total. The highest BCUT2D eigenvalue weighted by molar-refractivity contribution is 7.96. The summed E-state index contributed by atoms with van der Waals surface area (Å²) >= 11 is 0. The number of fused-ring (bicyclic) bond motifs is 1. The lowest BCUT2D eigenvalue weighted by molar-refractivity contribution is 0.606. The van der Waals surface area contributed by atoms with Gasteiger partial charge in [-0.15, -0.1) is 0 Å². The second-order valence-corrected chi connectivity index (χ2v) is 6.75. The molecule has 3 heteroatoms. The molecule has 0 radical (unpaired) electrons. The van der Waals surface area contributed by atoms with E-state index in [1.165, 1.54) is 0 Å². The van der Waals surface area contributed by atoms with Crippen molar-refractivity contribution in [3.63, 3.8) is 0 Å². The minimum atomic E-state index is -3.60. The molecule has 0 amide bonds. The largest absolute Gasteiger partial charge is 0.245 e. The smallest absolute Gasteiger partial charge is 0.210 e. The maximum absolute atomic E-state index is 12.3. The maximum atomic E-state index is 12.3. The topological polar surface area (TPSA) is 34.1 Å². The van der Waals surface area contributed by atoms with E-state index in [2.05, 4.69) is 11.2 Å². The fourth-order valence-corrected chi connectivity index (χ4v) is 3.09. The van der Waals surface area contributed by atoms with E-state index in [9.17, 15) is 8.42 Å². The van der Waals surface area contributed by atoms with Crippen molar-refractivity contribution < 1.29 is 8.42 Å². The molecule has 0 saturated carbocycles. The van der Waals surface area contributed by atoms with Crippen LogP contribution in [0.25, 0.3) is 10.8 Å². The van der Waals surface area contributed by atoms with Crippen LogP contribution in [0.3, 0.4) is 0 Å². The zero-order chi connectivity index (χ0) is 15.6. The quantitative estimate of drug-likeness (QED) is 0.638. The minimum absolute atomic E-state index is 0.228. The second kappa shape index (κ2) is 5.67. The van der Waals surface area contributed by atoms with Crippen LogP contribution in [0.4, 0.5) is 0 Å². The predicted molar refractivity (Wildman–Crippen MR) is 89.2 cm³/mol. The summed E-state index contributed by atoms with van der Waals surface area (Å²) in [5.74, 6) is 2.80. The van der Waals surface area contributed by atoms with Crippen LogP contribution in [0.15, 0.2) is 71.6 Å². The summed E-state index contributed by atoms with van der Waals surface area (Å²) in [5.41, 5.74) is 1.73. The van der Waals surface area contributed by atoms with Crippen molar-refractivity contribution in [3.05, 3.63) is 77.9 Å². The molecule has 22 heavy (non-hydrogen) atoms. The van der Waals surface area contributed by atoms with Crippen molar-refractivity contribution in [1.82, 2.24) is 0 Å². The van der Waals surface area contributed by atoms with Crippen LogP contribution in [-0.2, 0) is 9.84 Å². The Kier molecular flexibility index (Phi) is 3.70. The Labute approximate surface area is 130 Å². The molecule has 0 atom stereocenters. The average molecular weight is 306 g/mol. The van der Waals surface area contributed by atoms with E-state index in [1.807, 2.05) is 49.4 Å². The van der Waals surface area contributed by atoms with Crippen molar-refractivity contribution in [2.75, 3.05) is 0 Å². The summed E-state index contributed by atoms with van der Waals surface area (Å²) in [5, 5.41) is 4.42. The third-order valence-corrected chi connectivity index (χ3v) is 4.70. The van der Waals surface area contributed by atoms with Gasteiger partial charge in [0.2, 0.25) is 9.84 Å². The summed E-state index contributed by atoms with van der Waals surface area (Å²) in [6.45, 7) is 1.91. The Morgan fingerprint density at radius 3 is 2.27 bits per heavy atom. The zero-order valence-corrected chi connectivity index (χ0v) is 12.9. The van der Waals surface area contributed by atoms with E-state index in [4.69, 9.17) is 0 Å². The lowest BCUT2D eigenvalue weighted by atomic mass is 10.1. The molecule has 0 aliphatic carbocycles. The van der Waals surface area contributed by atoms with Gasteiger partial charge in [-0.2, -0.15) is 0 Å². The Morgan fingerprint density at radius 1 is 0.818 bits per heavy atom. The van der Waals surface area contributed by atoms with E-state index >= 15 is 0 Å². The van der Waals surface area contributed by atoms with Gasteiger partial charge >= 0.3 is 0 Å². The fourth-order valence-electron chi connectivity index (χ4n) is 2.23. The van der Waals surface area contributed by atoms with Crippen molar-refractivity contribution in [2.24, 2.45) is 0 Å². The van der Waals surface area contributed by atoms with E-state index in [1.54, 1.807) is 24.3 Å². The normalized spacial score (nSPS) is 11.0. The van der Waals surface area contributed by atoms with Gasteiger partial charge in [-0.1, -0.05) is 54.1 Å². The molecular weight excluding hydrogens is 292 g/mol. The Balaban J connectivity index is 2.06. The number of aryl methyl sites for hydroxylation is 1. The number of hydrogen-bond donors (Lipinski definition) is 0. The molecule has 108 valence electrons. The van der Waals surface area contributed by atoms with Crippen molar-refractivity contribution >= 4 is 20.6 Å². The molecule has 0 N–H and O–H groups in total. The number of sulfone groups is 1. The first kappa shape index (κ1) is 14.4. The lowest BCUT2D eigenvalue weighted by Crippen LogP contribution is -1.96. The molecule has 0 spiro atoms. The van der Waals surface area contributed by atoms with Gasteiger partial charge in [-0.05, 0) is 41.8 Å². The first-order chi connectivity index (χ1) is 10.6. The highest BCUT2D eigenvalue weighted by atomic mass is 32.2. The molecule has 0 unspecified atom stereocenters. The minimum Gasteiger partial charge on any atom is -0.210 e. The Morgan fingerprint density at radius 2 is 1.50 bits per heavy atom. The molecule has 0 aliphatic rings. The third kappa shape index (κ3) is 2.88. The van der Waals surface area contributed by atoms with Crippen molar-refractivity contribution in [1.29, 1.82) is 0 Å². The van der Waals surface area contributed by atoms with Crippen LogP contribution < -0.4 is 0 Å². The summed E-state index contributed by atoms with van der Waals surface area (Å²) in [6.07, 6.45) is 0. The van der Waals surface area contributed by atoms with Gasteiger partial charge < -0.3 is 0 Å². The van der Waals surface area contributed by atoms with E-state index in [0.717, 1.165) is 16.3 Å². The molecule has 0 heterocycles. The van der Waals surface area contributed by atoms with Gasteiger partial charge in [0.05, 0.1) is 4.90 Å². The summed E-state index contributed by atoms with van der Waals surface area (Å²) in [6, 6.07) is 20.2. The van der Waals surface area contributed by atoms with Gasteiger partial charge in [0.1, 0.15) is 0 Å². The third-order valence-electron chi connectivity index (χ3n) is 3.44. The van der Waals surface area contributed by atoms with Crippen LogP contribution in [0.5, 0.6) is 0 Å². The lowest BCUT2D eigenvalue weighted by Gasteiger charge is -2.00. The van der Waals surface area contributed by atoms with Crippen molar-refractivity contribution in [3.8, 4) is 11.2 Å². The van der Waals surface area contributed by atoms with Gasteiger partial charge in [0.25, 0.3) is 0 Å². The van der Waals surface area contributed by atoms with Crippen LogP contribution in [-0.4, -0.2) is 8.42 Å². The van der Waals surface area contributed by atoms with Gasteiger partial charge in [-0.3, -0.25) is 0 Å². The van der Waals surface area contributed by atoms with Crippen LogP contribution in [0, 0.1) is 18.1 Å². The highest BCUT2D eigenvalue weighted by Crippen LogP contribution is 2.18. The molecule has 3 rings (SSSR count). The van der Waals surface area contributed by atoms with Crippen LogP contribution in [0.1, 0.15) is 11.1 Å². The van der Waals surface area contributed by atoms with Crippen LogP contribution in [0.2, 0.25) is 0 Å². The standard InChI is InChI=1S/C19H14O2S/c1-15-9-11-18(12-10-15)22(20,21)14-13-17-7-4-6-16-5-2-3-8-19(16)17/h2-12H,1H3. The summed E-state index contributed by atoms with van der Waals surface area (Å²) < 4.78 is 24.6. The van der Waals surface area contributed by atoms with E-state index in [-0.39, 0.29) is 4.90 Å². The molecular formula is C19H14O2S. The number of benzene rings is 3. The number of rotatable bonds is 1. The zero-order valence-electron chi connectivity index (χ0n) is 12.1. The second-order valence-electron chi connectivity index (χ2n) is 5.07. The van der Waals surface area contributed by atoms with Gasteiger partial charge in [-0.25, -0.2) is 8.42 Å². The molecule has 3 aromatic rings. The molecule has 0 aromatic heterocycles. The highest BCUT2D eigenvalue weighted by Gasteiger charge is 2.10. The molecule has 0 aliphatic heterocycles. The maximum Gasteiger partial charge on any atom is 0.245 e. The Bertz CT molecular complexity index is 984. The van der Waals surface area contributed by atoms with Crippen molar-refractivity contribution in [2.45, 2.75) is 11.8 Å². The van der Waals surface area contributed by atoms with E-state index in [0.29, 0.717) is 5.56 Å². The SMILES string of the molecule is Cc1ccc(S(=O)(=O)C#Cc2cccc3ccccc23)cc1. The predicted octanol–water partition coefficient (Wildman–Crippen LogP) is 3.93. The first-order valence-corrected chi connectivity index (χ1v) is 8.37. The molecule has 0 saturated heterocycles. The fraction of sp³-hybridized carbons (Fsp3) is 0.0526. The number of hydrogen-bond acceptors (Lipinski definition) is 2. The van der Waals surface area contributed by atoms with E-state index < -0.39 is 9.84 Å². The summed E-state index contributed by atoms with van der Waals surface area (Å²) in [7, 11) is -3.60. The monoisotopic (exact) mass is 306 g/mol.